The van der Waals surface area contributed by atoms with Crippen molar-refractivity contribution in [2.24, 2.45) is 0 Å². The number of aromatic nitrogens is 3. The highest BCUT2D eigenvalue weighted by Gasteiger charge is 2.17. The highest BCUT2D eigenvalue weighted by Crippen LogP contribution is 2.30. The molecule has 2 N–H and O–H groups in total. The molecule has 0 fully saturated rings. The van der Waals surface area contributed by atoms with Crippen molar-refractivity contribution >= 4 is 39.9 Å². The zero-order valence-electron chi connectivity index (χ0n) is 16.6. The maximum Gasteiger partial charge on any atom is 0.337 e. The molecule has 9 heteroatoms. The topological polar surface area (TPSA) is 98.0 Å². The highest BCUT2D eigenvalue weighted by atomic mass is 35.5. The number of halogens is 1. The van der Waals surface area contributed by atoms with E-state index in [4.69, 9.17) is 21.1 Å². The Hall–Kier alpha value is -3.52. The number of nitrogens with zero attached hydrogens (tertiary/aromatic N) is 3. The summed E-state index contributed by atoms with van der Waals surface area (Å²) in [6, 6.07) is 8.67. The van der Waals surface area contributed by atoms with E-state index in [1.54, 1.807) is 26.5 Å². The monoisotopic (exact) mass is 426 g/mol. The molecule has 0 radical (unpaired) electrons. The number of aromatic carboxylic acids is 1. The van der Waals surface area contributed by atoms with Gasteiger partial charge in [0, 0.05) is 18.2 Å². The largest absolute Gasteiger partial charge is 0.497 e. The third-order valence-electron chi connectivity index (χ3n) is 4.89. The fourth-order valence-corrected chi connectivity index (χ4v) is 3.62. The smallest absolute Gasteiger partial charge is 0.337 e. The van der Waals surface area contributed by atoms with E-state index < -0.39 is 5.97 Å². The van der Waals surface area contributed by atoms with Crippen LogP contribution in [0.4, 0.5) is 5.82 Å². The van der Waals surface area contributed by atoms with Crippen molar-refractivity contribution in [3.63, 3.8) is 0 Å². The fourth-order valence-electron chi connectivity index (χ4n) is 3.38. The molecule has 154 valence electrons. The number of hydrogen-bond acceptors (Lipinski definition) is 6. The van der Waals surface area contributed by atoms with Gasteiger partial charge in [-0.3, -0.25) is 4.40 Å². The van der Waals surface area contributed by atoms with Gasteiger partial charge < -0.3 is 19.9 Å². The summed E-state index contributed by atoms with van der Waals surface area (Å²) in [6.45, 7) is 2.30. The van der Waals surface area contributed by atoms with Crippen molar-refractivity contribution in [3.05, 3.63) is 58.5 Å². The van der Waals surface area contributed by atoms with E-state index in [9.17, 15) is 9.90 Å². The number of aryl methyl sites for hydroxylation is 1. The van der Waals surface area contributed by atoms with Gasteiger partial charge in [0.1, 0.15) is 22.8 Å². The molecule has 4 rings (SSSR count). The molecule has 0 unspecified atom stereocenters. The number of anilines is 1. The molecule has 0 spiro atoms. The van der Waals surface area contributed by atoms with Crippen molar-refractivity contribution in [2.75, 3.05) is 19.5 Å². The minimum atomic E-state index is -1.10. The van der Waals surface area contributed by atoms with Crippen LogP contribution in [0.2, 0.25) is 5.02 Å². The summed E-state index contributed by atoms with van der Waals surface area (Å²) in [6.07, 6.45) is 1.70. The maximum absolute atomic E-state index is 11.5. The lowest BCUT2D eigenvalue weighted by Crippen LogP contribution is -2.07. The molecule has 0 aliphatic heterocycles. The molecule has 0 saturated heterocycles. The number of carboxylic acids is 1. The third kappa shape index (κ3) is 3.35. The number of carbonyl (C=O) groups is 1. The number of imidazole rings is 1. The molecule has 2 heterocycles. The lowest BCUT2D eigenvalue weighted by Gasteiger charge is -2.14. The number of benzene rings is 2. The van der Waals surface area contributed by atoms with Gasteiger partial charge in [-0.05, 0) is 31.2 Å². The average Bonchev–Trinajstić information content (AvgIpc) is 3.13. The lowest BCUT2D eigenvalue weighted by atomic mass is 10.1. The number of rotatable bonds is 6. The first-order valence-electron chi connectivity index (χ1n) is 9.08. The van der Waals surface area contributed by atoms with E-state index in [1.165, 1.54) is 6.07 Å². The van der Waals surface area contributed by atoms with Gasteiger partial charge in [0.05, 0.1) is 42.0 Å². The number of nitrogens with one attached hydrogen (secondary N) is 1. The Morgan fingerprint density at radius 2 is 2.00 bits per heavy atom. The average molecular weight is 427 g/mol. The molecule has 0 aliphatic rings. The van der Waals surface area contributed by atoms with Gasteiger partial charge in [-0.1, -0.05) is 11.6 Å². The molecular formula is C21H19ClN4O4. The molecule has 4 aromatic rings. The number of fused-ring (bicyclic) bond motifs is 3. The number of hydrogen-bond donors (Lipinski definition) is 2. The summed E-state index contributed by atoms with van der Waals surface area (Å²) in [5, 5.41) is 12.9. The van der Waals surface area contributed by atoms with E-state index in [0.717, 1.165) is 11.1 Å². The second kappa shape index (κ2) is 7.72. The van der Waals surface area contributed by atoms with E-state index in [0.29, 0.717) is 40.7 Å². The summed E-state index contributed by atoms with van der Waals surface area (Å²) >= 11 is 6.16. The Bertz CT molecular complexity index is 1290. The van der Waals surface area contributed by atoms with Crippen LogP contribution in [0.5, 0.6) is 11.5 Å². The summed E-state index contributed by atoms with van der Waals surface area (Å²) in [7, 11) is 3.21. The highest BCUT2D eigenvalue weighted by molar-refractivity contribution is 6.34. The predicted octanol–water partition coefficient (Wildman–Crippen LogP) is 4.17. The fraction of sp³-hybridized carbons (Fsp3) is 0.190. The Kier molecular flexibility index (Phi) is 5.09. The minimum Gasteiger partial charge on any atom is -0.497 e. The van der Waals surface area contributed by atoms with Crippen molar-refractivity contribution < 1.29 is 19.4 Å². The summed E-state index contributed by atoms with van der Waals surface area (Å²) < 4.78 is 12.6. The van der Waals surface area contributed by atoms with Crippen molar-refractivity contribution in [2.45, 2.75) is 13.5 Å². The first kappa shape index (κ1) is 19.8. The Labute approximate surface area is 177 Å². The van der Waals surface area contributed by atoms with Crippen molar-refractivity contribution in [3.8, 4) is 11.5 Å². The quantitative estimate of drug-likeness (QED) is 0.477. The lowest BCUT2D eigenvalue weighted by molar-refractivity contribution is 0.0697. The molecule has 0 bridgehead atoms. The van der Waals surface area contributed by atoms with Gasteiger partial charge in [-0.25, -0.2) is 14.8 Å². The molecule has 2 aromatic heterocycles. The first-order valence-corrected chi connectivity index (χ1v) is 9.46. The third-order valence-corrected chi connectivity index (χ3v) is 5.20. The van der Waals surface area contributed by atoms with Crippen molar-refractivity contribution in [1.29, 1.82) is 0 Å². The zero-order chi connectivity index (χ0) is 21.4. The Balaban J connectivity index is 1.80. The Morgan fingerprint density at radius 1 is 1.20 bits per heavy atom. The molecule has 0 saturated carbocycles. The number of ether oxygens (including phenoxy) is 2. The van der Waals surface area contributed by atoms with Gasteiger partial charge in [0.15, 0.2) is 5.82 Å². The van der Waals surface area contributed by atoms with Gasteiger partial charge >= 0.3 is 5.97 Å². The molecular weight excluding hydrogens is 408 g/mol. The van der Waals surface area contributed by atoms with Crippen LogP contribution < -0.4 is 14.8 Å². The van der Waals surface area contributed by atoms with Crippen LogP contribution in [-0.4, -0.2) is 39.7 Å². The van der Waals surface area contributed by atoms with Crippen LogP contribution in [0.15, 0.2) is 36.5 Å². The first-order chi connectivity index (χ1) is 14.4. The van der Waals surface area contributed by atoms with Crippen molar-refractivity contribution in [1.82, 2.24) is 14.4 Å². The van der Waals surface area contributed by atoms with Gasteiger partial charge in [0.2, 0.25) is 0 Å². The molecule has 0 atom stereocenters. The second-order valence-corrected chi connectivity index (χ2v) is 7.05. The summed E-state index contributed by atoms with van der Waals surface area (Å²) in [4.78, 5) is 20.5. The van der Waals surface area contributed by atoms with Crippen LogP contribution in [0.25, 0.3) is 16.6 Å². The normalized spacial score (nSPS) is 11.1. The van der Waals surface area contributed by atoms with E-state index in [-0.39, 0.29) is 10.6 Å². The van der Waals surface area contributed by atoms with E-state index in [1.807, 2.05) is 29.5 Å². The molecule has 2 aromatic carbocycles. The van der Waals surface area contributed by atoms with E-state index >= 15 is 0 Å². The molecule has 0 aliphatic carbocycles. The predicted molar refractivity (Wildman–Crippen MR) is 114 cm³/mol. The van der Waals surface area contributed by atoms with Crippen LogP contribution in [0.1, 0.15) is 21.7 Å². The number of carboxylic acid groups (broad SMARTS) is 1. The van der Waals surface area contributed by atoms with Crippen LogP contribution in [0.3, 0.4) is 0 Å². The maximum atomic E-state index is 11.5. The van der Waals surface area contributed by atoms with Gasteiger partial charge in [-0.15, -0.1) is 0 Å². The minimum absolute atomic E-state index is 0.0176. The van der Waals surface area contributed by atoms with Gasteiger partial charge in [0.25, 0.3) is 0 Å². The standard InChI is InChI=1S/C21H19ClN4O4/c1-11-23-10-18-20(24-9-12-4-5-13(29-2)6-19(12)30-3)25-16-8-15(22)14(21(27)28)7-17(16)26(11)18/h4-8,10H,9H2,1-3H3,(H,24,25)(H,27,28). The second-order valence-electron chi connectivity index (χ2n) is 6.64. The summed E-state index contributed by atoms with van der Waals surface area (Å²) in [5.74, 6) is 1.61. The Morgan fingerprint density at radius 3 is 2.70 bits per heavy atom. The summed E-state index contributed by atoms with van der Waals surface area (Å²) in [5.41, 5.74) is 2.85. The molecule has 8 nitrogen and oxygen atoms in total. The van der Waals surface area contributed by atoms with Gasteiger partial charge in [-0.2, -0.15) is 0 Å². The van der Waals surface area contributed by atoms with Crippen LogP contribution in [-0.2, 0) is 6.54 Å². The molecule has 30 heavy (non-hydrogen) atoms. The van der Waals surface area contributed by atoms with Crippen LogP contribution >= 0.6 is 11.6 Å². The van der Waals surface area contributed by atoms with E-state index in [2.05, 4.69) is 15.3 Å². The molecule has 0 amide bonds. The zero-order valence-corrected chi connectivity index (χ0v) is 17.3. The van der Waals surface area contributed by atoms with Crippen LogP contribution in [0, 0.1) is 6.92 Å². The number of methoxy groups -OCH3 is 2. The SMILES string of the molecule is COc1ccc(CNc2nc3cc(Cl)c(C(=O)O)cc3n3c(C)ncc23)c(OC)c1.